The molecule has 98 valence electrons. The van der Waals surface area contributed by atoms with Crippen molar-refractivity contribution in [1.82, 2.24) is 0 Å². The Balaban J connectivity index is 3.11. The lowest BCUT2D eigenvalue weighted by atomic mass is 10.0. The van der Waals surface area contributed by atoms with Crippen LogP contribution >= 0.6 is 0 Å². The van der Waals surface area contributed by atoms with Gasteiger partial charge in [0.25, 0.3) is 5.69 Å². The van der Waals surface area contributed by atoms with Crippen molar-refractivity contribution in [2.24, 2.45) is 0 Å². The van der Waals surface area contributed by atoms with Crippen molar-refractivity contribution in [2.45, 2.75) is 40.0 Å². The monoisotopic (exact) mass is 250 g/mol. The molecule has 1 aromatic rings. The van der Waals surface area contributed by atoms with Crippen molar-refractivity contribution >= 4 is 17.3 Å². The summed E-state index contributed by atoms with van der Waals surface area (Å²) >= 11 is 0. The number of rotatable bonds is 5. The number of nitro groups is 1. The van der Waals surface area contributed by atoms with E-state index in [0.29, 0.717) is 18.5 Å². The number of hydrogen-bond donors (Lipinski definition) is 1. The molecule has 0 unspecified atom stereocenters. The van der Waals surface area contributed by atoms with Gasteiger partial charge in [-0.15, -0.1) is 0 Å². The van der Waals surface area contributed by atoms with Crippen molar-refractivity contribution in [3.05, 3.63) is 33.4 Å². The highest BCUT2D eigenvalue weighted by Gasteiger charge is 2.14. The minimum absolute atomic E-state index is 0.0517. The van der Waals surface area contributed by atoms with Crippen LogP contribution in [0.5, 0.6) is 0 Å². The quantitative estimate of drug-likeness (QED) is 0.644. The van der Waals surface area contributed by atoms with Gasteiger partial charge in [0.2, 0.25) is 5.91 Å². The number of carbonyl (C=O) groups excluding carboxylic acids is 1. The zero-order valence-corrected chi connectivity index (χ0v) is 10.9. The summed E-state index contributed by atoms with van der Waals surface area (Å²) in [4.78, 5) is 22.0. The fraction of sp³-hybridized carbons (Fsp3) is 0.462. The molecule has 0 spiro atoms. The van der Waals surface area contributed by atoms with Crippen LogP contribution in [0.2, 0.25) is 0 Å². The van der Waals surface area contributed by atoms with Gasteiger partial charge in [0, 0.05) is 24.2 Å². The number of anilines is 1. The van der Waals surface area contributed by atoms with Gasteiger partial charge in [-0.3, -0.25) is 14.9 Å². The lowest BCUT2D eigenvalue weighted by Crippen LogP contribution is -2.13. The van der Waals surface area contributed by atoms with Gasteiger partial charge in [-0.25, -0.2) is 0 Å². The molecule has 0 aliphatic heterocycles. The molecule has 1 N–H and O–H groups in total. The van der Waals surface area contributed by atoms with E-state index in [4.69, 9.17) is 0 Å². The number of carbonyl (C=O) groups is 1. The molecule has 0 saturated heterocycles. The van der Waals surface area contributed by atoms with Crippen LogP contribution in [0.15, 0.2) is 12.1 Å². The molecule has 1 amide bonds. The first-order valence-electron chi connectivity index (χ1n) is 6.07. The van der Waals surface area contributed by atoms with Crippen LogP contribution in [-0.4, -0.2) is 10.8 Å². The molecule has 0 saturated carbocycles. The first-order chi connectivity index (χ1) is 8.49. The Morgan fingerprint density at radius 3 is 2.56 bits per heavy atom. The Bertz CT molecular complexity index is 470. The van der Waals surface area contributed by atoms with Crippen LogP contribution in [0.3, 0.4) is 0 Å². The maximum absolute atomic E-state index is 11.6. The van der Waals surface area contributed by atoms with E-state index in [0.717, 1.165) is 17.5 Å². The summed E-state index contributed by atoms with van der Waals surface area (Å²) < 4.78 is 0. The Labute approximate surface area is 106 Å². The van der Waals surface area contributed by atoms with Gasteiger partial charge in [0.1, 0.15) is 0 Å². The number of benzene rings is 1. The number of hydrogen-bond acceptors (Lipinski definition) is 3. The van der Waals surface area contributed by atoms with Crippen molar-refractivity contribution in [3.63, 3.8) is 0 Å². The summed E-state index contributed by atoms with van der Waals surface area (Å²) in [5, 5.41) is 13.6. The first kappa shape index (κ1) is 14.2. The minimum atomic E-state index is -0.413. The van der Waals surface area contributed by atoms with E-state index in [-0.39, 0.29) is 11.6 Å². The lowest BCUT2D eigenvalue weighted by Gasteiger charge is -2.12. The molecule has 0 aliphatic rings. The number of non-ortho nitro benzene ring substituents is 1. The van der Waals surface area contributed by atoms with E-state index in [9.17, 15) is 14.9 Å². The summed E-state index contributed by atoms with van der Waals surface area (Å²) in [6.45, 7) is 5.62. The van der Waals surface area contributed by atoms with Crippen molar-refractivity contribution in [3.8, 4) is 0 Å². The molecule has 0 atom stereocenters. The third-order valence-electron chi connectivity index (χ3n) is 2.74. The lowest BCUT2D eigenvalue weighted by molar-refractivity contribution is -0.384. The highest BCUT2D eigenvalue weighted by molar-refractivity contribution is 5.92. The van der Waals surface area contributed by atoms with E-state index >= 15 is 0 Å². The highest BCUT2D eigenvalue weighted by atomic mass is 16.6. The molecule has 0 bridgehead atoms. The molecule has 0 aliphatic carbocycles. The molecule has 0 aromatic heterocycles. The fourth-order valence-corrected chi connectivity index (χ4v) is 1.83. The second-order valence-corrected chi connectivity index (χ2v) is 4.21. The number of amides is 1. The van der Waals surface area contributed by atoms with Crippen LogP contribution in [0.4, 0.5) is 11.4 Å². The SMILES string of the molecule is CCCC(=O)Nc1c(C)cc([N+](=O)[O-])cc1CC. The molecule has 0 radical (unpaired) electrons. The zero-order valence-electron chi connectivity index (χ0n) is 10.9. The first-order valence-corrected chi connectivity index (χ1v) is 6.07. The maximum Gasteiger partial charge on any atom is 0.270 e. The normalized spacial score (nSPS) is 10.2. The summed E-state index contributed by atoms with van der Waals surface area (Å²) in [5.74, 6) is -0.0517. The molecule has 1 aromatic carbocycles. The molecule has 0 fully saturated rings. The predicted octanol–water partition coefficient (Wildman–Crippen LogP) is 3.20. The van der Waals surface area contributed by atoms with Crippen molar-refractivity contribution in [2.75, 3.05) is 5.32 Å². The van der Waals surface area contributed by atoms with Crippen LogP contribution in [0, 0.1) is 17.0 Å². The van der Waals surface area contributed by atoms with Gasteiger partial charge in [0.05, 0.1) is 4.92 Å². The van der Waals surface area contributed by atoms with Crippen LogP contribution < -0.4 is 5.32 Å². The zero-order chi connectivity index (χ0) is 13.7. The van der Waals surface area contributed by atoms with Gasteiger partial charge >= 0.3 is 0 Å². The van der Waals surface area contributed by atoms with Gasteiger partial charge in [-0.2, -0.15) is 0 Å². The molecular formula is C13H18N2O3. The smallest absolute Gasteiger partial charge is 0.270 e. The Kier molecular flexibility index (Phi) is 4.83. The molecule has 1 rings (SSSR count). The minimum Gasteiger partial charge on any atom is -0.326 e. The second-order valence-electron chi connectivity index (χ2n) is 4.21. The van der Waals surface area contributed by atoms with E-state index in [1.54, 1.807) is 6.92 Å². The van der Waals surface area contributed by atoms with Gasteiger partial charge in [0.15, 0.2) is 0 Å². The molecule has 5 heteroatoms. The second kappa shape index (κ2) is 6.14. The molecular weight excluding hydrogens is 232 g/mol. The number of aryl methyl sites for hydroxylation is 2. The van der Waals surface area contributed by atoms with Crippen molar-refractivity contribution < 1.29 is 9.72 Å². The number of nitrogens with one attached hydrogen (secondary N) is 1. The van der Waals surface area contributed by atoms with Gasteiger partial charge < -0.3 is 5.32 Å². The average molecular weight is 250 g/mol. The Hall–Kier alpha value is -1.91. The third-order valence-corrected chi connectivity index (χ3v) is 2.74. The van der Waals surface area contributed by atoms with E-state index in [2.05, 4.69) is 5.32 Å². The van der Waals surface area contributed by atoms with Crippen LogP contribution in [-0.2, 0) is 11.2 Å². The number of nitrogens with zero attached hydrogens (tertiary/aromatic N) is 1. The predicted molar refractivity (Wildman–Crippen MR) is 70.7 cm³/mol. The van der Waals surface area contributed by atoms with Crippen LogP contribution in [0.1, 0.15) is 37.8 Å². The largest absolute Gasteiger partial charge is 0.326 e. The fourth-order valence-electron chi connectivity index (χ4n) is 1.83. The molecule has 5 nitrogen and oxygen atoms in total. The van der Waals surface area contributed by atoms with E-state index < -0.39 is 4.92 Å². The summed E-state index contributed by atoms with van der Waals surface area (Å²) in [7, 11) is 0. The Morgan fingerprint density at radius 1 is 1.39 bits per heavy atom. The topological polar surface area (TPSA) is 72.2 Å². The van der Waals surface area contributed by atoms with Crippen molar-refractivity contribution in [1.29, 1.82) is 0 Å². The summed E-state index contributed by atoms with van der Waals surface area (Å²) in [6, 6.07) is 3.01. The van der Waals surface area contributed by atoms with E-state index in [1.807, 2.05) is 13.8 Å². The maximum atomic E-state index is 11.6. The Morgan fingerprint density at radius 2 is 2.06 bits per heavy atom. The molecule has 0 heterocycles. The van der Waals surface area contributed by atoms with Gasteiger partial charge in [-0.05, 0) is 30.9 Å². The van der Waals surface area contributed by atoms with E-state index in [1.165, 1.54) is 12.1 Å². The molecule has 18 heavy (non-hydrogen) atoms. The summed E-state index contributed by atoms with van der Waals surface area (Å²) in [6.07, 6.45) is 1.88. The average Bonchev–Trinajstić information content (AvgIpc) is 2.31. The number of nitro benzene ring substituents is 1. The summed E-state index contributed by atoms with van der Waals surface area (Å²) in [5.41, 5.74) is 2.30. The van der Waals surface area contributed by atoms with Crippen LogP contribution in [0.25, 0.3) is 0 Å². The third kappa shape index (κ3) is 3.29. The van der Waals surface area contributed by atoms with Gasteiger partial charge in [-0.1, -0.05) is 13.8 Å². The highest BCUT2D eigenvalue weighted by Crippen LogP contribution is 2.27. The standard InChI is InChI=1S/C13H18N2O3/c1-4-6-12(16)14-13-9(3)7-11(15(17)18)8-10(13)5-2/h7-8H,4-6H2,1-3H3,(H,14,16).